The highest BCUT2D eigenvalue weighted by molar-refractivity contribution is 5.58. The van der Waals surface area contributed by atoms with Crippen molar-refractivity contribution in [1.82, 2.24) is 4.90 Å². The molecule has 4 heteroatoms. The molecule has 0 N–H and O–H groups in total. The predicted octanol–water partition coefficient (Wildman–Crippen LogP) is 4.19. The van der Waals surface area contributed by atoms with Crippen LogP contribution in [0.2, 0.25) is 0 Å². The van der Waals surface area contributed by atoms with Gasteiger partial charge in [-0.1, -0.05) is 36.4 Å². The second-order valence-electron chi connectivity index (χ2n) is 8.37. The van der Waals surface area contributed by atoms with E-state index in [4.69, 9.17) is 9.47 Å². The minimum atomic E-state index is -0.00762. The molecule has 2 aromatic carbocycles. The summed E-state index contributed by atoms with van der Waals surface area (Å²) in [5.41, 5.74) is 4.07. The molecule has 1 saturated carbocycles. The number of methoxy groups -OCH3 is 1. The lowest BCUT2D eigenvalue weighted by Gasteiger charge is -2.45. The highest BCUT2D eigenvalue weighted by Gasteiger charge is 2.43. The zero-order valence-corrected chi connectivity index (χ0v) is 16.8. The van der Waals surface area contributed by atoms with Gasteiger partial charge in [0.05, 0.1) is 25.0 Å². The fraction of sp³-hybridized carbons (Fsp3) is 0.500. The van der Waals surface area contributed by atoms with E-state index in [1.165, 1.54) is 29.7 Å². The van der Waals surface area contributed by atoms with E-state index in [2.05, 4.69) is 52.3 Å². The van der Waals surface area contributed by atoms with Crippen molar-refractivity contribution in [2.24, 2.45) is 0 Å². The molecule has 1 spiro atoms. The minimum Gasteiger partial charge on any atom is -0.495 e. The Morgan fingerprint density at radius 2 is 1.64 bits per heavy atom. The number of piperazine rings is 1. The molecular formula is C24H30N2O2. The molecule has 148 valence electrons. The van der Waals surface area contributed by atoms with E-state index in [0.717, 1.165) is 51.4 Å². The van der Waals surface area contributed by atoms with Gasteiger partial charge in [0.25, 0.3) is 0 Å². The van der Waals surface area contributed by atoms with Gasteiger partial charge in [0.2, 0.25) is 0 Å². The third kappa shape index (κ3) is 3.09. The van der Waals surface area contributed by atoms with Gasteiger partial charge < -0.3 is 14.4 Å². The van der Waals surface area contributed by atoms with E-state index >= 15 is 0 Å². The first kappa shape index (κ1) is 18.0. The highest BCUT2D eigenvalue weighted by atomic mass is 16.5. The van der Waals surface area contributed by atoms with Crippen molar-refractivity contribution in [2.75, 3.05) is 38.2 Å². The summed E-state index contributed by atoms with van der Waals surface area (Å²) < 4.78 is 11.9. The largest absolute Gasteiger partial charge is 0.495 e. The van der Waals surface area contributed by atoms with Crippen molar-refractivity contribution in [3.63, 3.8) is 0 Å². The van der Waals surface area contributed by atoms with Gasteiger partial charge in [-0.15, -0.1) is 0 Å². The monoisotopic (exact) mass is 378 g/mol. The zero-order valence-electron chi connectivity index (χ0n) is 16.8. The van der Waals surface area contributed by atoms with E-state index in [9.17, 15) is 0 Å². The Morgan fingerprint density at radius 1 is 0.929 bits per heavy atom. The van der Waals surface area contributed by atoms with Gasteiger partial charge in [-0.25, -0.2) is 0 Å². The quantitative estimate of drug-likeness (QED) is 0.800. The number of anilines is 1. The third-order valence-electron chi connectivity index (χ3n) is 7.03. The summed E-state index contributed by atoms with van der Waals surface area (Å²) in [6.45, 7) is 5.20. The van der Waals surface area contributed by atoms with Gasteiger partial charge in [-0.2, -0.15) is 0 Å². The number of benzene rings is 2. The number of fused-ring (bicyclic) bond motifs is 2. The van der Waals surface area contributed by atoms with E-state index in [1.54, 1.807) is 7.11 Å². The van der Waals surface area contributed by atoms with Crippen LogP contribution < -0.4 is 9.64 Å². The number of ether oxygens (including phenoxy) is 2. The zero-order chi connectivity index (χ0) is 19.0. The van der Waals surface area contributed by atoms with Crippen molar-refractivity contribution in [3.05, 3.63) is 59.7 Å². The van der Waals surface area contributed by atoms with Crippen LogP contribution in [-0.2, 0) is 16.9 Å². The Hall–Kier alpha value is -2.04. The topological polar surface area (TPSA) is 24.9 Å². The molecule has 2 fully saturated rings. The summed E-state index contributed by atoms with van der Waals surface area (Å²) in [6, 6.07) is 17.9. The second-order valence-corrected chi connectivity index (χ2v) is 8.37. The van der Waals surface area contributed by atoms with Crippen LogP contribution >= 0.6 is 0 Å². The SMILES string of the molecule is COc1ccccc1N1CCN(C2CCC3(CC2)OCc2ccccc23)CC1. The Labute approximate surface area is 168 Å². The number of hydrogen-bond acceptors (Lipinski definition) is 4. The molecule has 1 saturated heterocycles. The standard InChI is InChI=1S/C24H30N2O2/c1-27-23-9-5-4-8-22(23)26-16-14-25(15-17-26)20-10-12-24(13-11-20)21-7-3-2-6-19(21)18-28-24/h2-9,20H,10-18H2,1H3. The lowest BCUT2D eigenvalue weighted by molar-refractivity contribution is -0.0777. The summed E-state index contributed by atoms with van der Waals surface area (Å²) in [5, 5.41) is 0. The van der Waals surface area contributed by atoms with Gasteiger partial charge in [-0.3, -0.25) is 4.90 Å². The summed E-state index contributed by atoms with van der Waals surface area (Å²) in [4.78, 5) is 5.18. The molecule has 28 heavy (non-hydrogen) atoms. The second kappa shape index (κ2) is 7.41. The first-order valence-electron chi connectivity index (χ1n) is 10.6. The summed E-state index contributed by atoms with van der Waals surface area (Å²) in [5.74, 6) is 0.979. The van der Waals surface area contributed by atoms with Crippen LogP contribution in [0.25, 0.3) is 0 Å². The van der Waals surface area contributed by atoms with Crippen LogP contribution in [0.3, 0.4) is 0 Å². The Bertz CT molecular complexity index is 821. The lowest BCUT2D eigenvalue weighted by Crippen LogP contribution is -2.52. The average Bonchev–Trinajstić information content (AvgIpc) is 3.13. The van der Waals surface area contributed by atoms with Gasteiger partial charge in [0, 0.05) is 32.2 Å². The summed E-state index contributed by atoms with van der Waals surface area (Å²) in [6.07, 6.45) is 4.79. The van der Waals surface area contributed by atoms with Crippen LogP contribution in [0.1, 0.15) is 36.8 Å². The van der Waals surface area contributed by atoms with Crippen molar-refractivity contribution >= 4 is 5.69 Å². The molecule has 0 amide bonds. The molecular weight excluding hydrogens is 348 g/mol. The molecule has 3 aliphatic rings. The first-order chi connectivity index (χ1) is 13.8. The molecule has 0 radical (unpaired) electrons. The fourth-order valence-electron chi connectivity index (χ4n) is 5.45. The molecule has 0 unspecified atom stereocenters. The van der Waals surface area contributed by atoms with E-state index in [-0.39, 0.29) is 5.60 Å². The minimum absolute atomic E-state index is 0.00762. The average molecular weight is 379 g/mol. The van der Waals surface area contributed by atoms with Crippen molar-refractivity contribution in [2.45, 2.75) is 43.9 Å². The normalized spacial score (nSPS) is 27.8. The van der Waals surface area contributed by atoms with Crippen LogP contribution in [-0.4, -0.2) is 44.2 Å². The molecule has 1 aliphatic carbocycles. The molecule has 0 bridgehead atoms. The molecule has 2 aromatic rings. The van der Waals surface area contributed by atoms with Gasteiger partial charge in [0.15, 0.2) is 0 Å². The number of rotatable bonds is 3. The maximum Gasteiger partial charge on any atom is 0.142 e. The van der Waals surface area contributed by atoms with Gasteiger partial charge in [0.1, 0.15) is 5.75 Å². The maximum absolute atomic E-state index is 6.35. The van der Waals surface area contributed by atoms with Crippen molar-refractivity contribution < 1.29 is 9.47 Å². The Morgan fingerprint density at radius 3 is 2.43 bits per heavy atom. The third-order valence-corrected chi connectivity index (χ3v) is 7.03. The molecule has 5 rings (SSSR count). The predicted molar refractivity (Wildman–Crippen MR) is 112 cm³/mol. The van der Waals surface area contributed by atoms with E-state index in [1.807, 2.05) is 6.07 Å². The van der Waals surface area contributed by atoms with Gasteiger partial charge in [-0.05, 0) is 48.9 Å². The van der Waals surface area contributed by atoms with E-state index < -0.39 is 0 Å². The van der Waals surface area contributed by atoms with Crippen LogP contribution in [0.15, 0.2) is 48.5 Å². The van der Waals surface area contributed by atoms with Crippen molar-refractivity contribution in [1.29, 1.82) is 0 Å². The maximum atomic E-state index is 6.35. The molecule has 0 aromatic heterocycles. The van der Waals surface area contributed by atoms with Gasteiger partial charge >= 0.3 is 0 Å². The molecule has 4 nitrogen and oxygen atoms in total. The first-order valence-corrected chi connectivity index (χ1v) is 10.6. The van der Waals surface area contributed by atoms with E-state index in [0.29, 0.717) is 6.04 Å². The Balaban J connectivity index is 1.20. The number of nitrogens with zero attached hydrogens (tertiary/aromatic N) is 2. The number of para-hydroxylation sites is 2. The summed E-state index contributed by atoms with van der Waals surface area (Å²) >= 11 is 0. The fourth-order valence-corrected chi connectivity index (χ4v) is 5.45. The lowest BCUT2D eigenvalue weighted by atomic mass is 9.77. The smallest absolute Gasteiger partial charge is 0.142 e. The molecule has 2 aliphatic heterocycles. The summed E-state index contributed by atoms with van der Waals surface area (Å²) in [7, 11) is 1.76. The van der Waals surface area contributed by atoms with Crippen LogP contribution in [0.4, 0.5) is 5.69 Å². The number of hydrogen-bond donors (Lipinski definition) is 0. The van der Waals surface area contributed by atoms with Crippen LogP contribution in [0, 0.1) is 0 Å². The Kier molecular flexibility index (Phi) is 4.77. The highest BCUT2D eigenvalue weighted by Crippen LogP contribution is 2.47. The van der Waals surface area contributed by atoms with Crippen LogP contribution in [0.5, 0.6) is 5.75 Å². The molecule has 0 atom stereocenters. The van der Waals surface area contributed by atoms with Crippen molar-refractivity contribution in [3.8, 4) is 5.75 Å². The molecule has 2 heterocycles.